The monoisotopic (exact) mass is 265 g/mol. The second kappa shape index (κ2) is 6.45. The average Bonchev–Trinajstić information content (AvgIpc) is 2.36. The molecule has 0 saturated heterocycles. The number of hydrogen-bond acceptors (Lipinski definition) is 4. The average molecular weight is 265 g/mol. The summed E-state index contributed by atoms with van der Waals surface area (Å²) in [5.74, 6) is 1.36. The highest BCUT2D eigenvalue weighted by Crippen LogP contribution is 2.29. The third-order valence-corrected chi connectivity index (χ3v) is 2.84. The van der Waals surface area contributed by atoms with Crippen molar-refractivity contribution in [2.24, 2.45) is 10.6 Å². The minimum absolute atomic E-state index is 0.243. The van der Waals surface area contributed by atoms with E-state index in [9.17, 15) is 0 Å². The van der Waals surface area contributed by atoms with Crippen LogP contribution in [0.15, 0.2) is 23.4 Å². The van der Waals surface area contributed by atoms with Gasteiger partial charge in [0.1, 0.15) is 0 Å². The van der Waals surface area contributed by atoms with Gasteiger partial charge in [0.25, 0.3) is 0 Å². The molecule has 0 aliphatic carbocycles. The number of ether oxygens (including phenoxy) is 2. The van der Waals surface area contributed by atoms with E-state index >= 15 is 0 Å². The molecule has 0 heterocycles. The molecule has 0 bridgehead atoms. The smallest absolute Gasteiger partial charge is 0.161 e. The van der Waals surface area contributed by atoms with Crippen LogP contribution in [0.2, 0.25) is 0 Å². The van der Waals surface area contributed by atoms with Crippen molar-refractivity contribution >= 4 is 5.71 Å². The minimum Gasteiger partial charge on any atom is -0.493 e. The number of hydrogen-bond donors (Lipinski definition) is 1. The molecule has 1 aromatic carbocycles. The van der Waals surface area contributed by atoms with Gasteiger partial charge < -0.3 is 14.7 Å². The molecule has 106 valence electrons. The Morgan fingerprint density at radius 1 is 1.26 bits per heavy atom. The van der Waals surface area contributed by atoms with Crippen LogP contribution >= 0.6 is 0 Å². The van der Waals surface area contributed by atoms with Crippen molar-refractivity contribution in [2.75, 3.05) is 13.7 Å². The van der Waals surface area contributed by atoms with E-state index in [1.807, 2.05) is 18.2 Å². The zero-order chi connectivity index (χ0) is 14.5. The molecule has 4 nitrogen and oxygen atoms in total. The third-order valence-electron chi connectivity index (χ3n) is 2.84. The molecular formula is C15H23NO3. The molecule has 0 amide bonds. The van der Waals surface area contributed by atoms with Crippen LogP contribution in [-0.4, -0.2) is 24.6 Å². The Labute approximate surface area is 115 Å². The van der Waals surface area contributed by atoms with Crippen LogP contribution in [0, 0.1) is 5.41 Å². The van der Waals surface area contributed by atoms with Crippen molar-refractivity contribution in [3.05, 3.63) is 23.8 Å². The van der Waals surface area contributed by atoms with E-state index in [0.717, 1.165) is 12.0 Å². The highest BCUT2D eigenvalue weighted by Gasteiger charge is 2.12. The van der Waals surface area contributed by atoms with Crippen LogP contribution in [-0.2, 0) is 0 Å². The molecule has 1 aromatic rings. The minimum atomic E-state index is 0.243. The summed E-state index contributed by atoms with van der Waals surface area (Å²) >= 11 is 0. The van der Waals surface area contributed by atoms with Crippen LogP contribution < -0.4 is 9.47 Å². The van der Waals surface area contributed by atoms with Crippen LogP contribution in [0.3, 0.4) is 0 Å². The van der Waals surface area contributed by atoms with Gasteiger partial charge >= 0.3 is 0 Å². The van der Waals surface area contributed by atoms with Crippen molar-refractivity contribution in [1.29, 1.82) is 0 Å². The molecule has 1 N–H and O–H groups in total. The highest BCUT2D eigenvalue weighted by atomic mass is 16.5. The van der Waals surface area contributed by atoms with Crippen molar-refractivity contribution in [3.63, 3.8) is 0 Å². The zero-order valence-corrected chi connectivity index (χ0v) is 12.4. The lowest BCUT2D eigenvalue weighted by Crippen LogP contribution is -2.11. The third kappa shape index (κ3) is 4.81. The van der Waals surface area contributed by atoms with Gasteiger partial charge in [0, 0.05) is 5.56 Å². The van der Waals surface area contributed by atoms with Gasteiger partial charge in [0.15, 0.2) is 11.5 Å². The van der Waals surface area contributed by atoms with E-state index in [1.54, 1.807) is 14.0 Å². The molecule has 0 unspecified atom stereocenters. The topological polar surface area (TPSA) is 51.0 Å². The SMILES string of the molecule is COc1cc(/C(C)=N/O)ccc1OCCC(C)(C)C. The summed E-state index contributed by atoms with van der Waals surface area (Å²) in [7, 11) is 1.60. The predicted molar refractivity (Wildman–Crippen MR) is 76.6 cm³/mol. The first-order chi connectivity index (χ1) is 8.87. The molecule has 0 aliphatic rings. The standard InChI is InChI=1S/C15H23NO3/c1-11(16-17)12-6-7-13(14(10-12)18-5)19-9-8-15(2,3)4/h6-7,10,17H,8-9H2,1-5H3/b16-11+. The summed E-state index contributed by atoms with van der Waals surface area (Å²) in [6.45, 7) is 8.91. The Balaban J connectivity index is 2.79. The number of nitrogens with zero attached hydrogens (tertiary/aromatic N) is 1. The van der Waals surface area contributed by atoms with Gasteiger partial charge in [0.2, 0.25) is 0 Å². The van der Waals surface area contributed by atoms with Crippen LogP contribution in [0.1, 0.15) is 39.7 Å². The largest absolute Gasteiger partial charge is 0.493 e. The lowest BCUT2D eigenvalue weighted by atomic mass is 9.93. The first-order valence-electron chi connectivity index (χ1n) is 6.37. The molecule has 0 fully saturated rings. The molecule has 4 heteroatoms. The second-order valence-corrected chi connectivity index (χ2v) is 5.71. The maximum atomic E-state index is 8.77. The Kier molecular flexibility index (Phi) is 5.21. The van der Waals surface area contributed by atoms with Crippen molar-refractivity contribution in [1.82, 2.24) is 0 Å². The normalized spacial score (nSPS) is 12.4. The number of rotatable bonds is 5. The van der Waals surface area contributed by atoms with Gasteiger partial charge in [-0.05, 0) is 37.0 Å². The fraction of sp³-hybridized carbons (Fsp3) is 0.533. The molecule has 0 radical (unpaired) electrons. The van der Waals surface area contributed by atoms with Crippen LogP contribution in [0.4, 0.5) is 0 Å². The molecule has 0 aliphatic heterocycles. The Bertz CT molecular complexity index is 447. The zero-order valence-electron chi connectivity index (χ0n) is 12.4. The van der Waals surface area contributed by atoms with Gasteiger partial charge in [-0.2, -0.15) is 0 Å². The molecular weight excluding hydrogens is 242 g/mol. The van der Waals surface area contributed by atoms with Crippen molar-refractivity contribution in [3.8, 4) is 11.5 Å². The number of methoxy groups -OCH3 is 1. The lowest BCUT2D eigenvalue weighted by molar-refractivity contribution is 0.234. The van der Waals surface area contributed by atoms with Gasteiger partial charge in [0.05, 0.1) is 19.4 Å². The number of benzene rings is 1. The van der Waals surface area contributed by atoms with E-state index < -0.39 is 0 Å². The lowest BCUT2D eigenvalue weighted by Gasteiger charge is -2.19. The van der Waals surface area contributed by atoms with Crippen molar-refractivity contribution in [2.45, 2.75) is 34.1 Å². The molecule has 0 saturated carbocycles. The summed E-state index contributed by atoms with van der Waals surface area (Å²) in [6, 6.07) is 5.50. The van der Waals surface area contributed by atoms with Crippen molar-refractivity contribution < 1.29 is 14.7 Å². The van der Waals surface area contributed by atoms with E-state index in [4.69, 9.17) is 14.7 Å². The molecule has 0 aromatic heterocycles. The Morgan fingerprint density at radius 3 is 2.47 bits per heavy atom. The fourth-order valence-electron chi connectivity index (χ4n) is 1.54. The quantitative estimate of drug-likeness (QED) is 0.501. The summed E-state index contributed by atoms with van der Waals surface area (Å²) in [6.07, 6.45) is 0.967. The summed E-state index contributed by atoms with van der Waals surface area (Å²) in [5.41, 5.74) is 1.59. The highest BCUT2D eigenvalue weighted by molar-refractivity contribution is 5.98. The first-order valence-corrected chi connectivity index (χ1v) is 6.37. The van der Waals surface area contributed by atoms with Gasteiger partial charge in [-0.3, -0.25) is 0 Å². The van der Waals surface area contributed by atoms with Crippen LogP contribution in [0.25, 0.3) is 0 Å². The van der Waals surface area contributed by atoms with E-state index in [-0.39, 0.29) is 5.41 Å². The summed E-state index contributed by atoms with van der Waals surface area (Å²) < 4.78 is 11.0. The van der Waals surface area contributed by atoms with E-state index in [0.29, 0.717) is 23.8 Å². The molecule has 1 rings (SSSR count). The maximum absolute atomic E-state index is 8.77. The van der Waals surface area contributed by atoms with E-state index in [1.165, 1.54) is 0 Å². The van der Waals surface area contributed by atoms with E-state index in [2.05, 4.69) is 25.9 Å². The maximum Gasteiger partial charge on any atom is 0.161 e. The molecule has 19 heavy (non-hydrogen) atoms. The Morgan fingerprint density at radius 2 is 1.95 bits per heavy atom. The second-order valence-electron chi connectivity index (χ2n) is 5.71. The summed E-state index contributed by atoms with van der Waals surface area (Å²) in [5, 5.41) is 11.9. The van der Waals surface area contributed by atoms with Gasteiger partial charge in [-0.25, -0.2) is 0 Å². The molecule has 0 spiro atoms. The van der Waals surface area contributed by atoms with Crippen LogP contribution in [0.5, 0.6) is 11.5 Å². The first kappa shape index (κ1) is 15.3. The molecule has 0 atom stereocenters. The number of oxime groups is 1. The predicted octanol–water partition coefficient (Wildman–Crippen LogP) is 3.71. The van der Waals surface area contributed by atoms with Gasteiger partial charge in [-0.1, -0.05) is 25.9 Å². The fourth-order valence-corrected chi connectivity index (χ4v) is 1.54. The summed E-state index contributed by atoms with van der Waals surface area (Å²) in [4.78, 5) is 0. The van der Waals surface area contributed by atoms with Gasteiger partial charge in [-0.15, -0.1) is 0 Å². The Hall–Kier alpha value is -1.71.